The molecule has 0 unspecified atom stereocenters. The standard InChI is InChI=1S/C20H18N.BrH.Mg/c1-17-9-8-10-18(15-17)16-21(19-11-4-2-5-12-19)20-13-6-3-7-14-20;;/h2-9,11-15H,16H2,1H3;1H;/q-1;;+2/p-1. The largest absolute Gasteiger partial charge is 2.00 e. The summed E-state index contributed by atoms with van der Waals surface area (Å²) in [6.45, 7) is 2.93. The van der Waals surface area contributed by atoms with Crippen LogP contribution >= 0.6 is 0 Å². The zero-order chi connectivity index (χ0) is 14.5. The number of para-hydroxylation sites is 2. The molecule has 0 aromatic heterocycles. The third kappa shape index (κ3) is 5.38. The average Bonchev–Trinajstić information content (AvgIpc) is 2.54. The van der Waals surface area contributed by atoms with Crippen LogP contribution in [0.2, 0.25) is 0 Å². The maximum atomic E-state index is 3.34. The zero-order valence-electron chi connectivity index (χ0n) is 13.2. The fourth-order valence-corrected chi connectivity index (χ4v) is 2.45. The Balaban J connectivity index is 0.00000132. The van der Waals surface area contributed by atoms with Gasteiger partial charge < -0.3 is 21.9 Å². The molecule has 3 rings (SSSR count). The molecular formula is C20H18BrMgN. The van der Waals surface area contributed by atoms with Crippen LogP contribution in [0.5, 0.6) is 0 Å². The molecule has 0 radical (unpaired) electrons. The van der Waals surface area contributed by atoms with E-state index in [1.165, 1.54) is 22.5 Å². The molecule has 0 aliphatic heterocycles. The van der Waals surface area contributed by atoms with Gasteiger partial charge in [-0.2, -0.15) is 29.8 Å². The van der Waals surface area contributed by atoms with E-state index in [4.69, 9.17) is 0 Å². The molecule has 23 heavy (non-hydrogen) atoms. The number of aryl methyl sites for hydroxylation is 1. The summed E-state index contributed by atoms with van der Waals surface area (Å²) in [5, 5.41) is 0. The SMILES string of the molecule is Cc1cc[c-]c(CN(c2ccccc2)c2ccccc2)c1.[Br-].[Mg+2]. The van der Waals surface area contributed by atoms with Gasteiger partial charge in [0.2, 0.25) is 0 Å². The first-order valence-electron chi connectivity index (χ1n) is 7.18. The second-order valence-electron chi connectivity index (χ2n) is 5.15. The van der Waals surface area contributed by atoms with E-state index >= 15 is 0 Å². The van der Waals surface area contributed by atoms with Crippen LogP contribution in [-0.2, 0) is 6.54 Å². The van der Waals surface area contributed by atoms with Gasteiger partial charge in [0.15, 0.2) is 0 Å². The van der Waals surface area contributed by atoms with Gasteiger partial charge in [-0.3, -0.25) is 0 Å². The minimum atomic E-state index is 0. The molecule has 0 aliphatic rings. The molecule has 0 aliphatic carbocycles. The number of benzene rings is 3. The van der Waals surface area contributed by atoms with Gasteiger partial charge >= 0.3 is 23.1 Å². The van der Waals surface area contributed by atoms with Crippen LogP contribution in [0.15, 0.2) is 78.9 Å². The quantitative estimate of drug-likeness (QED) is 0.495. The van der Waals surface area contributed by atoms with Crippen molar-refractivity contribution in [2.75, 3.05) is 4.90 Å². The van der Waals surface area contributed by atoms with E-state index in [0.29, 0.717) is 0 Å². The number of halogens is 1. The van der Waals surface area contributed by atoms with E-state index in [-0.39, 0.29) is 40.0 Å². The summed E-state index contributed by atoms with van der Waals surface area (Å²) in [5.41, 5.74) is 4.85. The number of hydrogen-bond acceptors (Lipinski definition) is 1. The molecule has 0 spiro atoms. The molecule has 3 aromatic rings. The molecule has 1 nitrogen and oxygen atoms in total. The van der Waals surface area contributed by atoms with Gasteiger partial charge in [-0.1, -0.05) is 43.3 Å². The molecule has 0 heterocycles. The average molecular weight is 377 g/mol. The van der Waals surface area contributed by atoms with E-state index in [2.05, 4.69) is 78.6 Å². The fraction of sp³-hybridized carbons (Fsp3) is 0.100. The first-order valence-corrected chi connectivity index (χ1v) is 7.18. The summed E-state index contributed by atoms with van der Waals surface area (Å²) >= 11 is 0. The maximum absolute atomic E-state index is 3.34. The molecule has 0 amide bonds. The third-order valence-corrected chi connectivity index (χ3v) is 3.48. The fourth-order valence-electron chi connectivity index (χ4n) is 2.45. The van der Waals surface area contributed by atoms with Crippen LogP contribution in [0.3, 0.4) is 0 Å². The second kappa shape index (κ2) is 9.76. The Bertz CT molecular complexity index is 662. The van der Waals surface area contributed by atoms with Crippen LogP contribution in [-0.4, -0.2) is 23.1 Å². The first-order chi connectivity index (χ1) is 10.3. The molecule has 0 N–H and O–H groups in total. The maximum Gasteiger partial charge on any atom is 2.00 e. The van der Waals surface area contributed by atoms with Crippen molar-refractivity contribution in [1.29, 1.82) is 0 Å². The van der Waals surface area contributed by atoms with Gasteiger partial charge in [0.25, 0.3) is 0 Å². The van der Waals surface area contributed by atoms with Gasteiger partial charge in [0.05, 0.1) is 0 Å². The van der Waals surface area contributed by atoms with Gasteiger partial charge in [0.1, 0.15) is 0 Å². The van der Waals surface area contributed by atoms with Crippen molar-refractivity contribution < 1.29 is 17.0 Å². The Morgan fingerprint density at radius 1 is 0.826 bits per heavy atom. The summed E-state index contributed by atoms with van der Waals surface area (Å²) in [7, 11) is 0. The van der Waals surface area contributed by atoms with Gasteiger partial charge in [0, 0.05) is 17.9 Å². The van der Waals surface area contributed by atoms with Crippen molar-refractivity contribution in [1.82, 2.24) is 0 Å². The van der Waals surface area contributed by atoms with E-state index in [9.17, 15) is 0 Å². The van der Waals surface area contributed by atoms with Crippen LogP contribution in [0.4, 0.5) is 11.4 Å². The molecule has 0 saturated heterocycles. The van der Waals surface area contributed by atoms with Crippen molar-refractivity contribution in [2.45, 2.75) is 13.5 Å². The molecule has 0 fully saturated rings. The summed E-state index contributed by atoms with van der Waals surface area (Å²) in [6, 6.07) is 30.6. The van der Waals surface area contributed by atoms with Crippen molar-refractivity contribution in [2.24, 2.45) is 0 Å². The molecule has 112 valence electrons. The van der Waals surface area contributed by atoms with E-state index in [0.717, 1.165) is 6.54 Å². The normalized spacial score (nSPS) is 9.43. The van der Waals surface area contributed by atoms with Crippen molar-refractivity contribution in [3.8, 4) is 0 Å². The number of hydrogen-bond donors (Lipinski definition) is 0. The minimum Gasteiger partial charge on any atom is -1.00 e. The van der Waals surface area contributed by atoms with Gasteiger partial charge in [-0.05, 0) is 24.3 Å². The molecule has 3 heteroatoms. The summed E-state index contributed by atoms with van der Waals surface area (Å²) in [6.07, 6.45) is 0. The van der Waals surface area contributed by atoms with Crippen LogP contribution in [0, 0.1) is 13.0 Å². The molecule has 0 saturated carbocycles. The molecule has 0 atom stereocenters. The van der Waals surface area contributed by atoms with Crippen molar-refractivity contribution in [3.05, 3.63) is 96.1 Å². The molecule has 0 bridgehead atoms. The summed E-state index contributed by atoms with van der Waals surface area (Å²) in [5.74, 6) is 0. The van der Waals surface area contributed by atoms with Crippen molar-refractivity contribution >= 4 is 34.4 Å². The molecular weight excluding hydrogens is 358 g/mol. The zero-order valence-corrected chi connectivity index (χ0v) is 16.2. The smallest absolute Gasteiger partial charge is 1.00 e. The van der Waals surface area contributed by atoms with Crippen LogP contribution < -0.4 is 21.9 Å². The van der Waals surface area contributed by atoms with Crippen LogP contribution in [0.1, 0.15) is 11.1 Å². The predicted molar refractivity (Wildman–Crippen MR) is 94.5 cm³/mol. The number of rotatable bonds is 4. The Morgan fingerprint density at radius 3 is 1.83 bits per heavy atom. The van der Waals surface area contributed by atoms with Gasteiger partial charge in [-0.25, -0.2) is 0 Å². The Morgan fingerprint density at radius 2 is 1.35 bits per heavy atom. The van der Waals surface area contributed by atoms with Gasteiger partial charge in [-0.15, -0.1) is 5.56 Å². The summed E-state index contributed by atoms with van der Waals surface area (Å²) in [4.78, 5) is 2.31. The number of anilines is 2. The van der Waals surface area contributed by atoms with E-state index < -0.39 is 0 Å². The van der Waals surface area contributed by atoms with Crippen LogP contribution in [0.25, 0.3) is 0 Å². The topological polar surface area (TPSA) is 3.24 Å². The Kier molecular flexibility index (Phi) is 8.38. The van der Waals surface area contributed by atoms with E-state index in [1.54, 1.807) is 0 Å². The Labute approximate surface area is 165 Å². The summed E-state index contributed by atoms with van der Waals surface area (Å²) < 4.78 is 0. The Hall–Kier alpha value is -1.29. The third-order valence-electron chi connectivity index (χ3n) is 3.48. The first kappa shape index (κ1) is 19.8. The minimum absolute atomic E-state index is 0. The predicted octanol–water partition coefficient (Wildman–Crippen LogP) is 1.76. The molecule has 3 aromatic carbocycles. The second-order valence-corrected chi connectivity index (χ2v) is 5.15. The number of nitrogens with zero attached hydrogens (tertiary/aromatic N) is 1. The van der Waals surface area contributed by atoms with Crippen molar-refractivity contribution in [3.63, 3.8) is 0 Å². The van der Waals surface area contributed by atoms with E-state index in [1.807, 2.05) is 18.2 Å². The monoisotopic (exact) mass is 375 g/mol.